The van der Waals surface area contributed by atoms with Crippen LogP contribution in [-0.2, 0) is 5.41 Å². The van der Waals surface area contributed by atoms with Crippen molar-refractivity contribution in [3.05, 3.63) is 102 Å². The van der Waals surface area contributed by atoms with Gasteiger partial charge in [-0.3, -0.25) is 4.98 Å². The molecule has 186 valence electrons. The van der Waals surface area contributed by atoms with Gasteiger partial charge in [0.05, 0.1) is 10.4 Å². The Morgan fingerprint density at radius 3 is 2.37 bits per heavy atom. The fourth-order valence-corrected chi connectivity index (χ4v) is 9.45. The van der Waals surface area contributed by atoms with Crippen LogP contribution in [0.4, 0.5) is 0 Å². The predicted molar refractivity (Wildman–Crippen MR) is 170 cm³/mol. The first kappa shape index (κ1) is 23.6. The van der Waals surface area contributed by atoms with Gasteiger partial charge in [0.2, 0.25) is 0 Å². The van der Waals surface area contributed by atoms with Crippen LogP contribution in [0.3, 0.4) is 0 Å². The lowest BCUT2D eigenvalue weighted by atomic mass is 9.82. The zero-order valence-electron chi connectivity index (χ0n) is 22.6. The molecule has 0 atom stereocenters. The lowest BCUT2D eigenvalue weighted by molar-refractivity contribution is 0.596. The highest BCUT2D eigenvalue weighted by atomic mass is 32.1. The number of aromatic nitrogens is 1. The van der Waals surface area contributed by atoms with Crippen LogP contribution in [0.25, 0.3) is 59.4 Å². The number of pyridine rings is 1. The molecule has 1 aliphatic heterocycles. The zero-order valence-corrected chi connectivity index (χ0v) is 24.4. The standard InChI is InChI=1S/C35H31NSSi/c1-35(2,3)30-20-26(19-24-8-6-7-9-27(24)30)33-34-29(14-16-36-33)28-12-10-23(21-31(28)37-34)22-11-13-32-25(18-22)15-17-38(32,4)5/h6-21H,1-5H3. The molecule has 3 heteroatoms. The molecule has 0 radical (unpaired) electrons. The molecule has 0 unspecified atom stereocenters. The van der Waals surface area contributed by atoms with Crippen LogP contribution >= 0.6 is 11.3 Å². The van der Waals surface area contributed by atoms with Crippen molar-refractivity contribution in [2.45, 2.75) is 39.3 Å². The molecule has 0 aliphatic carbocycles. The highest BCUT2D eigenvalue weighted by Crippen LogP contribution is 2.42. The summed E-state index contributed by atoms with van der Waals surface area (Å²) in [6.45, 7) is 11.7. The first-order valence-corrected chi connectivity index (χ1v) is 17.3. The van der Waals surface area contributed by atoms with Gasteiger partial charge < -0.3 is 0 Å². The van der Waals surface area contributed by atoms with E-state index in [0.29, 0.717) is 0 Å². The summed E-state index contributed by atoms with van der Waals surface area (Å²) < 4.78 is 2.58. The Hall–Kier alpha value is -3.53. The first-order valence-electron chi connectivity index (χ1n) is 13.4. The highest BCUT2D eigenvalue weighted by Gasteiger charge is 2.27. The normalized spacial score (nSPS) is 14.6. The van der Waals surface area contributed by atoms with E-state index in [2.05, 4.69) is 125 Å². The van der Waals surface area contributed by atoms with Crippen LogP contribution in [0.1, 0.15) is 31.9 Å². The summed E-state index contributed by atoms with van der Waals surface area (Å²) in [5.74, 6) is 0. The minimum absolute atomic E-state index is 0.0430. The van der Waals surface area contributed by atoms with Crippen molar-refractivity contribution in [3.63, 3.8) is 0 Å². The minimum Gasteiger partial charge on any atom is -0.255 e. The second kappa shape index (κ2) is 8.23. The Morgan fingerprint density at radius 2 is 1.53 bits per heavy atom. The molecule has 0 N–H and O–H groups in total. The number of fused-ring (bicyclic) bond motifs is 5. The molecule has 38 heavy (non-hydrogen) atoms. The third-order valence-corrected chi connectivity index (χ3v) is 12.1. The average molecular weight is 526 g/mol. The van der Waals surface area contributed by atoms with Crippen molar-refractivity contribution in [1.29, 1.82) is 0 Å². The SMILES string of the molecule is CC(C)(C)c1cc(-c2nccc3c2sc2cc(-c4ccc5c(c4)C=C[Si]5(C)C)ccc23)cc2ccccc12. The number of benzene rings is 4. The molecule has 0 amide bonds. The Bertz CT molecular complexity index is 1930. The number of hydrogen-bond acceptors (Lipinski definition) is 2. The number of thiophene rings is 1. The summed E-state index contributed by atoms with van der Waals surface area (Å²) in [5, 5.41) is 6.74. The molecule has 0 saturated carbocycles. The van der Waals surface area contributed by atoms with E-state index in [9.17, 15) is 0 Å². The van der Waals surface area contributed by atoms with E-state index >= 15 is 0 Å². The first-order chi connectivity index (χ1) is 18.2. The highest BCUT2D eigenvalue weighted by molar-refractivity contribution is 7.26. The number of nitrogens with zero attached hydrogens (tertiary/aromatic N) is 1. The van der Waals surface area contributed by atoms with Gasteiger partial charge in [0.15, 0.2) is 0 Å². The van der Waals surface area contributed by atoms with E-state index in [1.807, 2.05) is 17.5 Å². The van der Waals surface area contributed by atoms with Crippen LogP contribution in [0.15, 0.2) is 90.8 Å². The Balaban J connectivity index is 1.39. The van der Waals surface area contributed by atoms with E-state index < -0.39 is 8.07 Å². The zero-order chi connectivity index (χ0) is 26.2. The molecule has 0 fully saturated rings. The molecule has 0 saturated heterocycles. The summed E-state index contributed by atoms with van der Waals surface area (Å²) in [6, 6.07) is 29.6. The maximum atomic E-state index is 4.94. The van der Waals surface area contributed by atoms with Crippen molar-refractivity contribution >= 4 is 61.6 Å². The molecule has 4 aromatic carbocycles. The smallest absolute Gasteiger partial charge is 0.104 e. The van der Waals surface area contributed by atoms with E-state index in [-0.39, 0.29) is 5.41 Å². The quantitative estimate of drug-likeness (QED) is 0.205. The lowest BCUT2D eigenvalue weighted by Crippen LogP contribution is -2.37. The number of rotatable bonds is 2. The molecule has 1 nitrogen and oxygen atoms in total. The van der Waals surface area contributed by atoms with Gasteiger partial charge in [-0.25, -0.2) is 0 Å². The van der Waals surface area contributed by atoms with Crippen molar-refractivity contribution < 1.29 is 0 Å². The predicted octanol–water partition coefficient (Wildman–Crippen LogP) is 9.72. The second-order valence-electron chi connectivity index (χ2n) is 12.2. The van der Waals surface area contributed by atoms with Crippen molar-refractivity contribution in [2.75, 3.05) is 0 Å². The third kappa shape index (κ3) is 3.68. The summed E-state index contributed by atoms with van der Waals surface area (Å²) in [6.07, 6.45) is 4.30. The van der Waals surface area contributed by atoms with E-state index in [4.69, 9.17) is 4.98 Å². The second-order valence-corrected chi connectivity index (χ2v) is 17.6. The van der Waals surface area contributed by atoms with Gasteiger partial charge in [-0.2, -0.15) is 0 Å². The van der Waals surface area contributed by atoms with Crippen LogP contribution in [0.2, 0.25) is 13.1 Å². The summed E-state index contributed by atoms with van der Waals surface area (Å²) >= 11 is 1.87. The molecule has 0 spiro atoms. The van der Waals surface area contributed by atoms with Crippen molar-refractivity contribution in [1.82, 2.24) is 4.98 Å². The molecule has 2 aromatic heterocycles. The van der Waals surface area contributed by atoms with Gasteiger partial charge in [-0.1, -0.05) is 94.2 Å². The van der Waals surface area contributed by atoms with Gasteiger partial charge >= 0.3 is 0 Å². The molecule has 1 aliphatic rings. The summed E-state index contributed by atoms with van der Waals surface area (Å²) in [5.41, 5.74) is 10.1. The van der Waals surface area contributed by atoms with Crippen LogP contribution in [0, 0.1) is 0 Å². The van der Waals surface area contributed by atoms with Gasteiger partial charge in [-0.05, 0) is 74.0 Å². The van der Waals surface area contributed by atoms with Crippen molar-refractivity contribution in [3.8, 4) is 22.4 Å². The van der Waals surface area contributed by atoms with Gasteiger partial charge in [0, 0.05) is 27.2 Å². The molecule has 7 rings (SSSR count). The lowest BCUT2D eigenvalue weighted by Gasteiger charge is -2.22. The fraction of sp³-hybridized carbons (Fsp3) is 0.171. The van der Waals surface area contributed by atoms with E-state index in [1.54, 1.807) is 5.19 Å². The van der Waals surface area contributed by atoms with E-state index in [0.717, 1.165) is 5.69 Å². The van der Waals surface area contributed by atoms with Crippen LogP contribution < -0.4 is 5.19 Å². The molecule has 3 heterocycles. The van der Waals surface area contributed by atoms with Crippen molar-refractivity contribution in [2.24, 2.45) is 0 Å². The maximum Gasteiger partial charge on any atom is 0.104 e. The Morgan fingerprint density at radius 1 is 0.737 bits per heavy atom. The topological polar surface area (TPSA) is 12.9 Å². The summed E-state index contributed by atoms with van der Waals surface area (Å²) in [7, 11) is -1.41. The maximum absolute atomic E-state index is 4.94. The van der Waals surface area contributed by atoms with Gasteiger partial charge in [0.1, 0.15) is 8.07 Å². The Kier molecular flexibility index (Phi) is 5.11. The third-order valence-electron chi connectivity index (χ3n) is 8.09. The average Bonchev–Trinajstić information content (AvgIpc) is 3.43. The Labute approximate surface area is 229 Å². The van der Waals surface area contributed by atoms with Crippen LogP contribution in [-0.4, -0.2) is 13.1 Å². The largest absolute Gasteiger partial charge is 0.255 e. The fourth-order valence-electron chi connectivity index (χ4n) is 6.01. The number of hydrogen-bond donors (Lipinski definition) is 0. The summed E-state index contributed by atoms with van der Waals surface area (Å²) in [4.78, 5) is 4.94. The van der Waals surface area contributed by atoms with Crippen LogP contribution in [0.5, 0.6) is 0 Å². The monoisotopic (exact) mass is 525 g/mol. The van der Waals surface area contributed by atoms with E-state index in [1.165, 1.54) is 58.8 Å². The van der Waals surface area contributed by atoms with Gasteiger partial charge in [-0.15, -0.1) is 11.3 Å². The molecular weight excluding hydrogens is 495 g/mol. The molecule has 0 bridgehead atoms. The minimum atomic E-state index is -1.41. The molecule has 6 aromatic rings. The molecular formula is C35H31NSSi. The van der Waals surface area contributed by atoms with Gasteiger partial charge in [0.25, 0.3) is 0 Å².